The fourth-order valence-corrected chi connectivity index (χ4v) is 4.58. The number of hydrogen-bond donors (Lipinski definition) is 0. The van der Waals surface area contributed by atoms with Crippen LogP contribution in [0.3, 0.4) is 0 Å². The van der Waals surface area contributed by atoms with Gasteiger partial charge in [-0.05, 0) is 38.5 Å². The molecule has 0 aliphatic heterocycles. The lowest BCUT2D eigenvalue weighted by atomic mass is 9.80. The van der Waals surface area contributed by atoms with Crippen LogP contribution in [0.2, 0.25) is 0 Å². The molecule has 0 aromatic heterocycles. The van der Waals surface area contributed by atoms with Crippen LogP contribution in [0.25, 0.3) is 0 Å². The van der Waals surface area contributed by atoms with E-state index in [1.54, 1.807) is 0 Å². The Morgan fingerprint density at radius 3 is 2.69 bits per heavy atom. The van der Waals surface area contributed by atoms with Crippen LogP contribution < -0.4 is 0 Å². The zero-order valence-electron chi connectivity index (χ0n) is 9.34. The van der Waals surface area contributed by atoms with Crippen molar-refractivity contribution in [2.24, 2.45) is 0 Å². The van der Waals surface area contributed by atoms with Gasteiger partial charge in [-0.15, -0.1) is 11.6 Å². The van der Waals surface area contributed by atoms with Gasteiger partial charge in [0.2, 0.25) is 0 Å². The van der Waals surface area contributed by atoms with E-state index in [1.165, 1.54) is 12.0 Å². The molecular formula is C12H17ClO2S. The molecular weight excluding hydrogens is 244 g/mol. The molecule has 2 aliphatic rings. The van der Waals surface area contributed by atoms with Crippen molar-refractivity contribution in [3.63, 3.8) is 0 Å². The zero-order chi connectivity index (χ0) is 11.8. The second-order valence-corrected chi connectivity index (χ2v) is 7.50. The van der Waals surface area contributed by atoms with Crippen LogP contribution in [0, 0.1) is 0 Å². The highest BCUT2D eigenvalue weighted by Gasteiger charge is 2.34. The van der Waals surface area contributed by atoms with Crippen LogP contribution in [-0.2, 0) is 9.84 Å². The van der Waals surface area contributed by atoms with E-state index in [0.717, 1.165) is 36.8 Å². The summed E-state index contributed by atoms with van der Waals surface area (Å²) < 4.78 is 23.9. The van der Waals surface area contributed by atoms with E-state index >= 15 is 0 Å². The van der Waals surface area contributed by atoms with Gasteiger partial charge >= 0.3 is 0 Å². The van der Waals surface area contributed by atoms with Crippen molar-refractivity contribution >= 4 is 21.4 Å². The summed E-state index contributed by atoms with van der Waals surface area (Å²) in [6.45, 7) is 3.96. The summed E-state index contributed by atoms with van der Waals surface area (Å²) in [6, 6.07) is 0. The second-order valence-electron chi connectivity index (χ2n) is 4.73. The number of hydrogen-bond acceptors (Lipinski definition) is 2. The molecule has 0 fully saturated rings. The summed E-state index contributed by atoms with van der Waals surface area (Å²) in [5.74, 6) is 0. The zero-order valence-corrected chi connectivity index (χ0v) is 10.9. The molecule has 0 N–H and O–H groups in total. The topological polar surface area (TPSA) is 34.1 Å². The van der Waals surface area contributed by atoms with Gasteiger partial charge in [-0.2, -0.15) is 0 Å². The minimum atomic E-state index is -3.18. The van der Waals surface area contributed by atoms with E-state index in [-0.39, 0.29) is 10.5 Å². The largest absolute Gasteiger partial charge is 0.227 e. The molecule has 4 heteroatoms. The molecule has 2 nitrogen and oxygen atoms in total. The molecule has 0 spiro atoms. The summed E-state index contributed by atoms with van der Waals surface area (Å²) in [5, 5.41) is -0.650. The first-order valence-electron chi connectivity index (χ1n) is 5.69. The van der Waals surface area contributed by atoms with Crippen molar-refractivity contribution in [3.05, 3.63) is 23.3 Å². The highest BCUT2D eigenvalue weighted by atomic mass is 35.5. The summed E-state index contributed by atoms with van der Waals surface area (Å²) in [7, 11) is -3.18. The molecule has 16 heavy (non-hydrogen) atoms. The third-order valence-electron chi connectivity index (χ3n) is 3.54. The van der Waals surface area contributed by atoms with Gasteiger partial charge in [0.05, 0.1) is 5.25 Å². The second kappa shape index (κ2) is 4.53. The fraction of sp³-hybridized carbons (Fsp3) is 0.667. The number of rotatable bonds is 2. The van der Waals surface area contributed by atoms with E-state index in [9.17, 15) is 8.42 Å². The quantitative estimate of drug-likeness (QED) is 0.564. The third-order valence-corrected chi connectivity index (χ3v) is 6.08. The Balaban J connectivity index is 2.40. The van der Waals surface area contributed by atoms with Gasteiger partial charge in [0.25, 0.3) is 0 Å². The molecule has 0 unspecified atom stereocenters. The Bertz CT molecular complexity index is 434. The van der Waals surface area contributed by atoms with Gasteiger partial charge in [0.15, 0.2) is 9.84 Å². The van der Waals surface area contributed by atoms with Crippen molar-refractivity contribution in [1.29, 1.82) is 0 Å². The summed E-state index contributed by atoms with van der Waals surface area (Å²) in [5.41, 5.74) is 3.51. The van der Waals surface area contributed by atoms with Crippen LogP contribution in [0.15, 0.2) is 23.3 Å². The molecule has 2 rings (SSSR count). The van der Waals surface area contributed by atoms with Crippen molar-refractivity contribution in [3.8, 4) is 0 Å². The van der Waals surface area contributed by atoms with Crippen molar-refractivity contribution in [1.82, 2.24) is 0 Å². The highest BCUT2D eigenvalue weighted by molar-refractivity contribution is 7.93. The van der Waals surface area contributed by atoms with Gasteiger partial charge < -0.3 is 0 Å². The molecule has 0 saturated carbocycles. The fourth-order valence-electron chi connectivity index (χ4n) is 2.76. The molecule has 0 aromatic rings. The smallest absolute Gasteiger partial charge is 0.171 e. The molecule has 0 radical (unpaired) electrons. The monoisotopic (exact) mass is 260 g/mol. The lowest BCUT2D eigenvalue weighted by molar-refractivity contribution is 0.564. The Morgan fingerprint density at radius 2 is 2.00 bits per heavy atom. The summed E-state index contributed by atoms with van der Waals surface area (Å²) >= 11 is 5.57. The number of allylic oxidation sites excluding steroid dienone is 2. The predicted octanol–water partition coefficient (Wildman–Crippen LogP) is 3.19. The van der Waals surface area contributed by atoms with Crippen molar-refractivity contribution < 1.29 is 8.42 Å². The summed E-state index contributed by atoms with van der Waals surface area (Å²) in [4.78, 5) is 0. The molecule has 0 heterocycles. The van der Waals surface area contributed by atoms with Gasteiger partial charge in [0, 0.05) is 0 Å². The molecule has 0 saturated heterocycles. The maximum Gasteiger partial charge on any atom is 0.171 e. The highest BCUT2D eigenvalue weighted by Crippen LogP contribution is 2.40. The molecule has 90 valence electrons. The van der Waals surface area contributed by atoms with Crippen LogP contribution in [0.1, 0.15) is 38.5 Å². The molecule has 0 bridgehead atoms. The Morgan fingerprint density at radius 1 is 1.31 bits per heavy atom. The van der Waals surface area contributed by atoms with Gasteiger partial charge in [-0.25, -0.2) is 8.42 Å². The molecule has 1 atom stereocenters. The standard InChI is InChI=1S/C12H17ClO2S/c1-9-6-10-4-2-3-5-11(10)12(7-9)16(14,15)8-13/h12H,1-8H2/t12-/m0/s1. The predicted molar refractivity (Wildman–Crippen MR) is 67.3 cm³/mol. The Labute approximate surface area is 102 Å². The number of alkyl halides is 1. The van der Waals surface area contributed by atoms with E-state index in [0.29, 0.717) is 6.42 Å². The van der Waals surface area contributed by atoms with E-state index in [4.69, 9.17) is 11.6 Å². The van der Waals surface area contributed by atoms with Gasteiger partial charge in [-0.1, -0.05) is 23.3 Å². The first-order valence-corrected chi connectivity index (χ1v) is 7.94. The number of halogens is 1. The Hall–Kier alpha value is -0.280. The third kappa shape index (κ3) is 2.21. The lowest BCUT2D eigenvalue weighted by Crippen LogP contribution is -2.30. The SMILES string of the molecule is C=C1CC2=C(CCCC2)[C@@H](S(=O)(=O)CCl)C1. The molecule has 0 amide bonds. The van der Waals surface area contributed by atoms with Gasteiger partial charge in [-0.3, -0.25) is 0 Å². The maximum atomic E-state index is 11.9. The normalized spacial score (nSPS) is 26.8. The average Bonchev–Trinajstić information content (AvgIpc) is 2.28. The lowest BCUT2D eigenvalue weighted by Gasteiger charge is -2.32. The van der Waals surface area contributed by atoms with E-state index in [2.05, 4.69) is 6.58 Å². The van der Waals surface area contributed by atoms with Crippen LogP contribution in [0.5, 0.6) is 0 Å². The maximum absolute atomic E-state index is 11.9. The number of sulfone groups is 1. The van der Waals surface area contributed by atoms with E-state index in [1.807, 2.05) is 0 Å². The Kier molecular flexibility index (Phi) is 3.45. The molecule has 2 aliphatic carbocycles. The first-order chi connectivity index (χ1) is 7.54. The van der Waals surface area contributed by atoms with E-state index < -0.39 is 9.84 Å². The minimum absolute atomic E-state index is 0.276. The van der Waals surface area contributed by atoms with Crippen molar-refractivity contribution in [2.75, 3.05) is 5.21 Å². The summed E-state index contributed by atoms with van der Waals surface area (Å²) in [6.07, 6.45) is 5.75. The molecule has 0 aromatic carbocycles. The van der Waals surface area contributed by atoms with Crippen LogP contribution in [-0.4, -0.2) is 18.9 Å². The first kappa shape index (κ1) is 12.2. The van der Waals surface area contributed by atoms with Crippen molar-refractivity contribution in [2.45, 2.75) is 43.8 Å². The van der Waals surface area contributed by atoms with Crippen LogP contribution >= 0.6 is 11.6 Å². The average molecular weight is 261 g/mol. The van der Waals surface area contributed by atoms with Crippen LogP contribution in [0.4, 0.5) is 0 Å². The minimum Gasteiger partial charge on any atom is -0.227 e. The van der Waals surface area contributed by atoms with Gasteiger partial charge in [0.1, 0.15) is 5.21 Å².